The van der Waals surface area contributed by atoms with E-state index in [4.69, 9.17) is 4.42 Å². The Bertz CT molecular complexity index is 780. The van der Waals surface area contributed by atoms with Crippen LogP contribution in [0.2, 0.25) is 0 Å². The molecule has 1 aliphatic heterocycles. The summed E-state index contributed by atoms with van der Waals surface area (Å²) >= 11 is 1.47. The molecule has 2 fully saturated rings. The number of thiophene rings is 1. The van der Waals surface area contributed by atoms with Crippen LogP contribution in [0.25, 0.3) is 10.8 Å². The van der Waals surface area contributed by atoms with Gasteiger partial charge < -0.3 is 9.32 Å². The van der Waals surface area contributed by atoms with Crippen molar-refractivity contribution in [2.24, 2.45) is 11.8 Å². The van der Waals surface area contributed by atoms with Crippen LogP contribution in [-0.2, 0) is 11.3 Å². The van der Waals surface area contributed by atoms with Crippen LogP contribution in [0.15, 0.2) is 26.7 Å². The van der Waals surface area contributed by atoms with Gasteiger partial charge in [-0.3, -0.25) is 4.79 Å². The summed E-state index contributed by atoms with van der Waals surface area (Å²) in [7, 11) is 0. The van der Waals surface area contributed by atoms with Crippen molar-refractivity contribution in [1.82, 2.24) is 14.7 Å². The molecule has 2 aliphatic rings. The van der Waals surface area contributed by atoms with Crippen molar-refractivity contribution >= 4 is 17.2 Å². The van der Waals surface area contributed by atoms with E-state index in [0.29, 0.717) is 18.2 Å². The lowest BCUT2D eigenvalue weighted by Crippen LogP contribution is -2.45. The van der Waals surface area contributed by atoms with Crippen LogP contribution >= 0.6 is 11.3 Å². The zero-order chi connectivity index (χ0) is 17.2. The molecular weight excluding hydrogens is 338 g/mol. The van der Waals surface area contributed by atoms with E-state index in [2.05, 4.69) is 5.10 Å². The van der Waals surface area contributed by atoms with Crippen molar-refractivity contribution in [3.05, 3.63) is 28.1 Å². The molecule has 6 nitrogen and oxygen atoms in total. The Morgan fingerprint density at radius 2 is 2.12 bits per heavy atom. The molecule has 0 bridgehead atoms. The highest BCUT2D eigenvalue weighted by molar-refractivity contribution is 7.13. The van der Waals surface area contributed by atoms with Crippen molar-refractivity contribution in [3.63, 3.8) is 0 Å². The predicted molar refractivity (Wildman–Crippen MR) is 95.3 cm³/mol. The minimum Gasteiger partial charge on any atom is -0.387 e. The fourth-order valence-corrected chi connectivity index (χ4v) is 4.78. The summed E-state index contributed by atoms with van der Waals surface area (Å²) in [5.74, 6) is 1.44. The molecule has 134 valence electrons. The summed E-state index contributed by atoms with van der Waals surface area (Å²) in [6, 6.07) is 3.75. The Balaban J connectivity index is 1.35. The smallest absolute Gasteiger partial charge is 0.387 e. The van der Waals surface area contributed by atoms with Gasteiger partial charge in [0.1, 0.15) is 0 Å². The maximum Gasteiger partial charge on any atom is 0.437 e. The predicted octanol–water partition coefficient (Wildman–Crippen LogP) is 2.99. The Morgan fingerprint density at radius 3 is 2.92 bits per heavy atom. The number of aromatic nitrogens is 2. The Kier molecular flexibility index (Phi) is 4.74. The van der Waals surface area contributed by atoms with Gasteiger partial charge in [-0.1, -0.05) is 25.3 Å². The Morgan fingerprint density at radius 1 is 1.28 bits per heavy atom. The molecule has 1 aliphatic carbocycles. The number of piperidine rings is 1. The average molecular weight is 361 g/mol. The first-order valence-electron chi connectivity index (χ1n) is 9.10. The molecule has 25 heavy (non-hydrogen) atoms. The second-order valence-corrected chi connectivity index (χ2v) is 8.00. The van der Waals surface area contributed by atoms with Crippen molar-refractivity contribution in [2.45, 2.75) is 45.1 Å². The number of hydrogen-bond donors (Lipinski definition) is 0. The first-order valence-corrected chi connectivity index (χ1v) is 9.98. The number of rotatable bonds is 4. The van der Waals surface area contributed by atoms with Crippen molar-refractivity contribution in [3.8, 4) is 10.8 Å². The van der Waals surface area contributed by atoms with Gasteiger partial charge in [0, 0.05) is 19.5 Å². The summed E-state index contributed by atoms with van der Waals surface area (Å²) in [5.41, 5.74) is 0. The van der Waals surface area contributed by atoms with Gasteiger partial charge in [-0.25, -0.2) is 4.79 Å². The van der Waals surface area contributed by atoms with Gasteiger partial charge in [-0.15, -0.1) is 16.4 Å². The Hall–Kier alpha value is -1.89. The lowest BCUT2D eigenvalue weighted by atomic mass is 9.75. The summed E-state index contributed by atoms with van der Waals surface area (Å²) < 4.78 is 6.45. The van der Waals surface area contributed by atoms with Crippen LogP contribution < -0.4 is 5.76 Å². The van der Waals surface area contributed by atoms with Crippen LogP contribution in [0.4, 0.5) is 0 Å². The second-order valence-electron chi connectivity index (χ2n) is 7.06. The molecule has 0 unspecified atom stereocenters. The molecule has 2 atom stereocenters. The molecule has 2 aromatic heterocycles. The van der Waals surface area contributed by atoms with E-state index in [9.17, 15) is 9.59 Å². The van der Waals surface area contributed by atoms with Crippen LogP contribution in [0.1, 0.15) is 38.5 Å². The molecule has 0 radical (unpaired) electrons. The third-order valence-corrected chi connectivity index (χ3v) is 6.38. The number of aryl methyl sites for hydroxylation is 1. The molecule has 2 aromatic rings. The number of fused-ring (bicyclic) bond motifs is 1. The molecule has 1 saturated carbocycles. The summed E-state index contributed by atoms with van der Waals surface area (Å²) in [6.07, 6.45) is 6.64. The van der Waals surface area contributed by atoms with Gasteiger partial charge in [0.05, 0.1) is 11.4 Å². The topological polar surface area (TPSA) is 68.3 Å². The average Bonchev–Trinajstić information content (AvgIpc) is 3.29. The van der Waals surface area contributed by atoms with Gasteiger partial charge >= 0.3 is 5.76 Å². The SMILES string of the molecule is O=C(CCn1nc(-c2cccs2)oc1=O)N1CC[C@H]2CCCC[C@H]2C1. The van der Waals surface area contributed by atoms with Crippen LogP contribution in [0.5, 0.6) is 0 Å². The van der Waals surface area contributed by atoms with Crippen LogP contribution in [0, 0.1) is 11.8 Å². The molecule has 7 heteroatoms. The van der Waals surface area contributed by atoms with Gasteiger partial charge in [0.15, 0.2) is 0 Å². The first kappa shape index (κ1) is 16.6. The molecule has 3 heterocycles. The van der Waals surface area contributed by atoms with E-state index in [0.717, 1.165) is 30.3 Å². The Labute approximate surface area is 150 Å². The molecule has 0 spiro atoms. The molecule has 4 rings (SSSR count). The largest absolute Gasteiger partial charge is 0.437 e. The van der Waals surface area contributed by atoms with Crippen molar-refractivity contribution in [1.29, 1.82) is 0 Å². The number of carbonyl (C=O) groups is 1. The maximum absolute atomic E-state index is 12.5. The van der Waals surface area contributed by atoms with E-state index in [1.165, 1.54) is 41.7 Å². The molecule has 0 aromatic carbocycles. The summed E-state index contributed by atoms with van der Waals surface area (Å²) in [5, 5.41) is 6.12. The van der Waals surface area contributed by atoms with Crippen molar-refractivity contribution in [2.75, 3.05) is 13.1 Å². The van der Waals surface area contributed by atoms with Gasteiger partial charge in [0.25, 0.3) is 5.89 Å². The van der Waals surface area contributed by atoms with Crippen molar-refractivity contribution < 1.29 is 9.21 Å². The summed E-state index contributed by atoms with van der Waals surface area (Å²) in [6.45, 7) is 2.02. The summed E-state index contributed by atoms with van der Waals surface area (Å²) in [4.78, 5) is 27.3. The van der Waals surface area contributed by atoms with E-state index < -0.39 is 5.76 Å². The fraction of sp³-hybridized carbons (Fsp3) is 0.611. The number of hydrogen-bond acceptors (Lipinski definition) is 5. The highest BCUT2D eigenvalue weighted by atomic mass is 32.1. The molecule has 1 amide bonds. The number of nitrogens with zero attached hydrogens (tertiary/aromatic N) is 3. The fourth-order valence-electron chi connectivity index (χ4n) is 4.13. The van der Waals surface area contributed by atoms with E-state index in [-0.39, 0.29) is 12.5 Å². The van der Waals surface area contributed by atoms with Crippen LogP contribution in [0.3, 0.4) is 0 Å². The van der Waals surface area contributed by atoms with E-state index in [1.807, 2.05) is 22.4 Å². The maximum atomic E-state index is 12.5. The second kappa shape index (κ2) is 7.15. The first-order chi connectivity index (χ1) is 12.2. The van der Waals surface area contributed by atoms with Crippen LogP contribution in [-0.4, -0.2) is 33.7 Å². The highest BCUT2D eigenvalue weighted by Crippen LogP contribution is 2.36. The third-order valence-electron chi connectivity index (χ3n) is 5.52. The molecule has 1 saturated heterocycles. The number of amides is 1. The zero-order valence-corrected chi connectivity index (χ0v) is 15.0. The molecule has 0 N–H and O–H groups in total. The third kappa shape index (κ3) is 3.56. The minimum absolute atomic E-state index is 0.122. The standard InChI is InChI=1S/C18H23N3O3S/c22-16(20-9-7-13-4-1-2-5-14(13)12-20)8-10-21-18(23)24-17(19-21)15-6-3-11-25-15/h3,6,11,13-14H,1-2,4-5,7-10,12H2/t13-,14+/m1/s1. The minimum atomic E-state index is -0.498. The normalized spacial score (nSPS) is 23.4. The number of carbonyl (C=O) groups excluding carboxylic acids is 1. The van der Waals surface area contributed by atoms with Gasteiger partial charge in [-0.2, -0.15) is 4.68 Å². The lowest BCUT2D eigenvalue weighted by molar-refractivity contribution is -0.134. The van der Waals surface area contributed by atoms with E-state index >= 15 is 0 Å². The highest BCUT2D eigenvalue weighted by Gasteiger charge is 2.32. The van der Waals surface area contributed by atoms with Gasteiger partial charge in [-0.05, 0) is 36.1 Å². The zero-order valence-electron chi connectivity index (χ0n) is 14.2. The quantitative estimate of drug-likeness (QED) is 0.839. The monoisotopic (exact) mass is 361 g/mol. The molecular formula is C18H23N3O3S. The van der Waals surface area contributed by atoms with Gasteiger partial charge in [0.2, 0.25) is 5.91 Å². The number of likely N-dealkylation sites (tertiary alicyclic amines) is 1. The van der Waals surface area contributed by atoms with E-state index in [1.54, 1.807) is 0 Å². The lowest BCUT2D eigenvalue weighted by Gasteiger charge is -2.41.